The van der Waals surface area contributed by atoms with Crippen LogP contribution in [0.5, 0.6) is 11.6 Å². The van der Waals surface area contributed by atoms with Crippen LogP contribution in [-0.4, -0.2) is 110 Å². The van der Waals surface area contributed by atoms with Gasteiger partial charge < -0.3 is 43.3 Å². The Labute approximate surface area is 348 Å². The van der Waals surface area contributed by atoms with Crippen molar-refractivity contribution in [3.63, 3.8) is 0 Å². The topological polar surface area (TPSA) is 178 Å². The van der Waals surface area contributed by atoms with E-state index in [1.54, 1.807) is 29.0 Å². The van der Waals surface area contributed by atoms with E-state index < -0.39 is 30.8 Å². The summed E-state index contributed by atoms with van der Waals surface area (Å²) in [5.41, 5.74) is 9.19. The number of cyclic esters (lactones) is 2. The number of amides is 3. The molecule has 4 heterocycles. The Morgan fingerprint density at radius 1 is 0.917 bits per heavy atom. The van der Waals surface area contributed by atoms with Gasteiger partial charge in [0.05, 0.1) is 32.9 Å². The molecule has 2 saturated heterocycles. The molecule has 0 unspecified atom stereocenters. The molecular weight excluding hydrogens is 775 g/mol. The molecule has 16 heteroatoms. The van der Waals surface area contributed by atoms with E-state index in [-0.39, 0.29) is 18.8 Å². The molecule has 16 nitrogen and oxygen atoms in total. The first-order chi connectivity index (χ1) is 28.9. The van der Waals surface area contributed by atoms with Crippen molar-refractivity contribution in [3.05, 3.63) is 112 Å². The number of aromatic nitrogens is 1. The Morgan fingerprint density at radius 3 is 2.10 bits per heavy atom. The predicted molar refractivity (Wildman–Crippen MR) is 220 cm³/mol. The third-order valence-corrected chi connectivity index (χ3v) is 10.2. The Bertz CT molecular complexity index is 2210. The first kappa shape index (κ1) is 43.2. The molecule has 0 aliphatic carbocycles. The van der Waals surface area contributed by atoms with Crippen molar-refractivity contribution in [2.24, 2.45) is 0 Å². The number of aryl methyl sites for hydroxylation is 4. The highest BCUT2D eigenvalue weighted by atomic mass is 16.6. The highest BCUT2D eigenvalue weighted by Crippen LogP contribution is 2.34. The van der Waals surface area contributed by atoms with Gasteiger partial charge in [0, 0.05) is 37.6 Å². The van der Waals surface area contributed by atoms with Crippen molar-refractivity contribution in [3.8, 4) is 11.6 Å². The summed E-state index contributed by atoms with van der Waals surface area (Å²) in [5, 5.41) is 22.3. The lowest BCUT2D eigenvalue weighted by molar-refractivity contribution is -0.141. The maximum absolute atomic E-state index is 12.5. The van der Waals surface area contributed by atoms with Crippen LogP contribution in [0.4, 0.5) is 26.7 Å². The number of rotatable bonds is 13. The molecular formula is C44H49N5O11. The average molecular weight is 824 g/mol. The zero-order chi connectivity index (χ0) is 42.9. The average Bonchev–Trinajstić information content (AvgIpc) is 3.99. The summed E-state index contributed by atoms with van der Waals surface area (Å²) in [6.07, 6.45) is 1.17. The number of hydrogen-bond donors (Lipinski definition) is 2. The number of carbonyl (C=O) groups is 3. The number of nitrogens with zero attached hydrogens (tertiary/aromatic N) is 5. The third kappa shape index (κ3) is 10.2. The number of benzene rings is 3. The fourth-order valence-corrected chi connectivity index (χ4v) is 7.45. The minimum Gasteiger partial charge on any atom is -0.488 e. The van der Waals surface area contributed by atoms with Gasteiger partial charge >= 0.3 is 12.2 Å². The molecule has 3 atom stereocenters. The number of ether oxygens (including phenoxy) is 5. The quantitative estimate of drug-likeness (QED) is 0.149. The number of methoxy groups -OCH3 is 1. The molecule has 3 aromatic carbocycles. The van der Waals surface area contributed by atoms with Gasteiger partial charge in [0.25, 0.3) is 11.8 Å². The molecule has 0 bridgehead atoms. The molecule has 0 radical (unpaired) electrons. The van der Waals surface area contributed by atoms with E-state index in [1.807, 2.05) is 76.2 Å². The van der Waals surface area contributed by atoms with Crippen molar-refractivity contribution in [2.45, 2.75) is 59.0 Å². The molecule has 316 valence electrons. The van der Waals surface area contributed by atoms with Gasteiger partial charge in [-0.1, -0.05) is 24.3 Å². The van der Waals surface area contributed by atoms with Crippen LogP contribution in [0.15, 0.2) is 71.5 Å². The predicted octanol–water partition coefficient (Wildman–Crippen LogP) is 6.07. The summed E-state index contributed by atoms with van der Waals surface area (Å²) in [6.45, 7) is 17.0. The van der Waals surface area contributed by atoms with Crippen LogP contribution < -0.4 is 19.3 Å². The molecule has 0 saturated carbocycles. The van der Waals surface area contributed by atoms with E-state index in [1.165, 1.54) is 11.2 Å². The second-order valence-corrected chi connectivity index (χ2v) is 14.7. The Balaban J connectivity index is 0.000000205. The van der Waals surface area contributed by atoms with Gasteiger partial charge in [0.1, 0.15) is 31.3 Å². The van der Waals surface area contributed by atoms with Gasteiger partial charge in [-0.05, 0) is 109 Å². The number of anilines is 2. The molecule has 2 fully saturated rings. The van der Waals surface area contributed by atoms with Gasteiger partial charge in [-0.3, -0.25) is 14.6 Å². The van der Waals surface area contributed by atoms with E-state index in [0.717, 1.165) is 56.1 Å². The van der Waals surface area contributed by atoms with Crippen LogP contribution >= 0.6 is 0 Å². The van der Waals surface area contributed by atoms with Crippen LogP contribution in [-0.2, 0) is 25.6 Å². The molecule has 60 heavy (non-hydrogen) atoms. The van der Waals surface area contributed by atoms with Crippen LogP contribution in [0.1, 0.15) is 39.8 Å². The summed E-state index contributed by atoms with van der Waals surface area (Å²) in [6, 6.07) is 16.7. The van der Waals surface area contributed by atoms with Gasteiger partial charge in [0.2, 0.25) is 0 Å². The highest BCUT2D eigenvalue weighted by Gasteiger charge is 2.35. The fourth-order valence-electron chi connectivity index (χ4n) is 7.45. The van der Waals surface area contributed by atoms with Crippen LogP contribution in [0, 0.1) is 34.3 Å². The first-order valence-electron chi connectivity index (χ1n) is 19.5. The van der Waals surface area contributed by atoms with E-state index in [4.69, 9.17) is 39.9 Å². The largest absolute Gasteiger partial charge is 0.488 e. The van der Waals surface area contributed by atoms with E-state index in [2.05, 4.69) is 10.0 Å². The summed E-state index contributed by atoms with van der Waals surface area (Å²) in [4.78, 5) is 44.9. The Hall–Kier alpha value is -6.41. The number of aliphatic hydroxyl groups excluding tert-OH is 2. The number of hydrogen-bond acceptors (Lipinski definition) is 12. The van der Waals surface area contributed by atoms with Gasteiger partial charge in [-0.25, -0.2) is 14.4 Å². The van der Waals surface area contributed by atoms with Gasteiger partial charge in [0.15, 0.2) is 17.9 Å². The lowest BCUT2D eigenvalue weighted by Gasteiger charge is -2.29. The molecule has 3 amide bonds. The maximum atomic E-state index is 12.5. The summed E-state index contributed by atoms with van der Waals surface area (Å²) < 4.78 is 32.0. The van der Waals surface area contributed by atoms with Crippen LogP contribution in [0.25, 0.3) is 10.4 Å². The number of aliphatic hydroxyl groups is 2. The second-order valence-electron chi connectivity index (χ2n) is 14.7. The van der Waals surface area contributed by atoms with Crippen molar-refractivity contribution in [1.29, 1.82) is 0 Å². The molecule has 1 aromatic heterocycles. The molecule has 7 rings (SSSR count). The monoisotopic (exact) mass is 823 g/mol. The minimum atomic E-state index is -1.38. The lowest BCUT2D eigenvalue weighted by Crippen LogP contribution is -2.42. The molecule has 0 spiro atoms. The smallest absolute Gasteiger partial charge is 0.414 e. The summed E-state index contributed by atoms with van der Waals surface area (Å²) in [7, 11) is 1.59. The van der Waals surface area contributed by atoms with Crippen LogP contribution in [0.3, 0.4) is 0 Å². The van der Waals surface area contributed by atoms with E-state index >= 15 is 0 Å². The Morgan fingerprint density at radius 2 is 1.55 bits per heavy atom. The zero-order valence-corrected chi connectivity index (χ0v) is 34.3. The third-order valence-electron chi connectivity index (χ3n) is 10.2. The van der Waals surface area contributed by atoms with Crippen molar-refractivity contribution < 1.29 is 52.8 Å². The number of carbonyl (C=O) groups excluding carboxylic acids is 3. The Kier molecular flexibility index (Phi) is 14.1. The normalized spacial score (nSPS) is 17.9. The van der Waals surface area contributed by atoms with Crippen molar-refractivity contribution in [2.75, 3.05) is 62.9 Å². The highest BCUT2D eigenvalue weighted by molar-refractivity contribution is 5.91. The molecule has 3 aliphatic rings. The lowest BCUT2D eigenvalue weighted by atomic mass is 9.91. The van der Waals surface area contributed by atoms with Gasteiger partial charge in [-0.2, -0.15) is 0 Å². The molecule has 4 aromatic rings. The fraction of sp³-hybridized carbons (Fsp3) is 0.386. The van der Waals surface area contributed by atoms with Crippen molar-refractivity contribution in [1.82, 2.24) is 10.1 Å². The second kappa shape index (κ2) is 19.6. The van der Waals surface area contributed by atoms with Crippen LogP contribution in [0.2, 0.25) is 0 Å². The SMILES string of the molecule is Cc1cc(N2C[C@H](COc3ccon3)OC2=O)cc(C)c1C1=CCN(C(=O)[C@@H](O)CO)CC1.[C-]#[N+]c1cccc(COc2c(C)cc(N3C[C@H](COC)OC3=O)cc2C)c1. The summed E-state index contributed by atoms with van der Waals surface area (Å²) >= 11 is 0. The van der Waals surface area contributed by atoms with Crippen molar-refractivity contribution >= 4 is 40.7 Å². The van der Waals surface area contributed by atoms with Gasteiger partial charge in [-0.15, -0.1) is 0 Å². The first-order valence-corrected chi connectivity index (χ1v) is 19.5. The van der Waals surface area contributed by atoms with E-state index in [9.17, 15) is 19.5 Å². The molecule has 3 aliphatic heterocycles. The summed E-state index contributed by atoms with van der Waals surface area (Å²) in [5.74, 6) is 0.659. The zero-order valence-electron chi connectivity index (χ0n) is 34.3. The minimum absolute atomic E-state index is 0.178. The van der Waals surface area contributed by atoms with E-state index in [0.29, 0.717) is 57.4 Å². The molecule has 2 N–H and O–H groups in total. The maximum Gasteiger partial charge on any atom is 0.414 e. The standard InChI is InChI=1S/C23H27N3O7.C21H22N2O4/c1-14-9-17(26-11-18(33-23(26)30)13-31-20-5-8-32-24-20)10-15(2)21(14)16-3-6-25(7-4-16)22(29)19(28)12-27;1-14-8-18(23-11-19(13-25-4)27-21(23)24)9-15(2)20(14)26-12-16-6-5-7-17(10-16)22-3/h3,5,8-10,18-19,27-28H,4,6-7,11-13H2,1-2H3;5-10,19H,11-13H2,1-2,4H3/t18-,19+;19-/m11/s1.